The summed E-state index contributed by atoms with van der Waals surface area (Å²) in [4.78, 5) is 15.5. The summed E-state index contributed by atoms with van der Waals surface area (Å²) in [5.74, 6) is 0.737. The monoisotopic (exact) mass is 491 g/mol. The fourth-order valence-electron chi connectivity index (χ4n) is 4.10. The van der Waals surface area contributed by atoms with E-state index in [2.05, 4.69) is 0 Å². The van der Waals surface area contributed by atoms with Crippen LogP contribution in [0.25, 0.3) is 23.0 Å². The van der Waals surface area contributed by atoms with Gasteiger partial charge in [0.25, 0.3) is 5.91 Å². The number of hydrogen-bond acceptors (Lipinski definition) is 6. The van der Waals surface area contributed by atoms with Crippen molar-refractivity contribution < 1.29 is 14.3 Å². The number of rotatable bonds is 7. The number of thiocarbonyl (C=S) groups is 1. The lowest BCUT2D eigenvalue weighted by Crippen LogP contribution is -2.35. The first-order valence-electron chi connectivity index (χ1n) is 11.4. The van der Waals surface area contributed by atoms with Crippen molar-refractivity contribution in [2.75, 3.05) is 19.8 Å². The van der Waals surface area contributed by atoms with Gasteiger partial charge in [0.15, 0.2) is 0 Å². The van der Waals surface area contributed by atoms with E-state index in [0.29, 0.717) is 22.4 Å². The summed E-state index contributed by atoms with van der Waals surface area (Å²) >= 11 is 6.86. The average molecular weight is 492 g/mol. The second-order valence-electron chi connectivity index (χ2n) is 8.10. The van der Waals surface area contributed by atoms with Crippen molar-refractivity contribution in [2.24, 2.45) is 0 Å². The number of benzene rings is 2. The third-order valence-electron chi connectivity index (χ3n) is 5.77. The summed E-state index contributed by atoms with van der Waals surface area (Å²) in [6.45, 7) is 3.83. The Morgan fingerprint density at radius 3 is 2.71 bits per heavy atom. The van der Waals surface area contributed by atoms with Crippen LogP contribution in [0.15, 0.2) is 65.7 Å². The van der Waals surface area contributed by atoms with Crippen molar-refractivity contribution >= 4 is 40.3 Å². The highest BCUT2D eigenvalue weighted by atomic mass is 32.2. The first kappa shape index (κ1) is 22.8. The quantitative estimate of drug-likeness (QED) is 0.329. The maximum absolute atomic E-state index is 13.2. The van der Waals surface area contributed by atoms with Crippen LogP contribution in [0, 0.1) is 0 Å². The van der Waals surface area contributed by atoms with Crippen LogP contribution in [0.5, 0.6) is 5.75 Å². The van der Waals surface area contributed by atoms with Gasteiger partial charge >= 0.3 is 0 Å². The van der Waals surface area contributed by atoms with E-state index in [0.717, 1.165) is 47.7 Å². The van der Waals surface area contributed by atoms with Gasteiger partial charge in [-0.3, -0.25) is 9.69 Å². The largest absolute Gasteiger partial charge is 0.494 e. The lowest BCUT2D eigenvalue weighted by molar-refractivity contribution is -0.123. The minimum Gasteiger partial charge on any atom is -0.494 e. The van der Waals surface area contributed by atoms with E-state index in [4.69, 9.17) is 26.8 Å². The van der Waals surface area contributed by atoms with Crippen LogP contribution >= 0.6 is 24.0 Å². The molecule has 6 nitrogen and oxygen atoms in total. The molecule has 2 aliphatic heterocycles. The molecule has 2 saturated heterocycles. The summed E-state index contributed by atoms with van der Waals surface area (Å²) in [5.41, 5.74) is 3.53. The Labute approximate surface area is 208 Å². The smallest absolute Gasteiger partial charge is 0.266 e. The Morgan fingerprint density at radius 2 is 2.00 bits per heavy atom. The summed E-state index contributed by atoms with van der Waals surface area (Å²) in [6.07, 6.45) is 5.89. The lowest BCUT2D eigenvalue weighted by Gasteiger charge is -2.18. The van der Waals surface area contributed by atoms with Crippen LogP contribution in [0.1, 0.15) is 25.3 Å². The Bertz CT molecular complexity index is 1220. The molecule has 1 aromatic heterocycles. The van der Waals surface area contributed by atoms with Gasteiger partial charge in [0, 0.05) is 23.9 Å². The van der Waals surface area contributed by atoms with Gasteiger partial charge in [-0.05, 0) is 62.2 Å². The van der Waals surface area contributed by atoms with Crippen LogP contribution in [0.2, 0.25) is 0 Å². The molecule has 5 rings (SSSR count). The number of para-hydroxylation sites is 1. The summed E-state index contributed by atoms with van der Waals surface area (Å²) in [6, 6.07) is 17.8. The summed E-state index contributed by atoms with van der Waals surface area (Å²) in [5, 5.41) is 4.86. The molecule has 3 heterocycles. The fourth-order valence-corrected chi connectivity index (χ4v) is 5.36. The summed E-state index contributed by atoms with van der Waals surface area (Å²) < 4.78 is 13.7. The predicted molar refractivity (Wildman–Crippen MR) is 139 cm³/mol. The molecule has 0 unspecified atom stereocenters. The molecule has 2 aliphatic rings. The highest BCUT2D eigenvalue weighted by molar-refractivity contribution is 8.26. The van der Waals surface area contributed by atoms with Gasteiger partial charge in [-0.1, -0.05) is 42.2 Å². The second-order valence-corrected chi connectivity index (χ2v) is 9.77. The van der Waals surface area contributed by atoms with E-state index >= 15 is 0 Å². The van der Waals surface area contributed by atoms with Crippen molar-refractivity contribution in [3.63, 3.8) is 0 Å². The molecule has 0 radical (unpaired) electrons. The van der Waals surface area contributed by atoms with E-state index in [1.54, 1.807) is 4.90 Å². The first-order chi connectivity index (χ1) is 16.6. The van der Waals surface area contributed by atoms with E-state index < -0.39 is 0 Å². The molecular weight excluding hydrogens is 466 g/mol. The first-order valence-corrected chi connectivity index (χ1v) is 12.6. The van der Waals surface area contributed by atoms with E-state index in [-0.39, 0.29) is 12.0 Å². The van der Waals surface area contributed by atoms with Crippen LogP contribution in [0.3, 0.4) is 0 Å². The van der Waals surface area contributed by atoms with Gasteiger partial charge < -0.3 is 9.47 Å². The van der Waals surface area contributed by atoms with E-state index in [1.807, 2.05) is 78.5 Å². The minimum atomic E-state index is -0.0735. The predicted octanol–water partition coefficient (Wildman–Crippen LogP) is 5.32. The molecular formula is C26H25N3O3S2. The molecule has 34 heavy (non-hydrogen) atoms. The Hall–Kier alpha value is -2.94. The zero-order chi connectivity index (χ0) is 23.5. The molecule has 2 aromatic carbocycles. The Balaban J connectivity index is 1.49. The van der Waals surface area contributed by atoms with Gasteiger partial charge in [0.1, 0.15) is 10.1 Å². The number of aromatic nitrogens is 2. The molecule has 0 saturated carbocycles. The number of thioether (sulfide) groups is 1. The molecule has 0 spiro atoms. The van der Waals surface area contributed by atoms with Crippen LogP contribution in [0.4, 0.5) is 0 Å². The van der Waals surface area contributed by atoms with Crippen molar-refractivity contribution in [2.45, 2.75) is 25.9 Å². The van der Waals surface area contributed by atoms with Gasteiger partial charge in [-0.2, -0.15) is 5.10 Å². The normalized spacial score (nSPS) is 19.4. The van der Waals surface area contributed by atoms with Crippen LogP contribution < -0.4 is 4.74 Å². The minimum absolute atomic E-state index is 0.0575. The molecule has 2 fully saturated rings. The molecule has 8 heteroatoms. The molecule has 174 valence electrons. The van der Waals surface area contributed by atoms with Crippen molar-refractivity contribution in [1.82, 2.24) is 14.7 Å². The maximum Gasteiger partial charge on any atom is 0.266 e. The Kier molecular flexibility index (Phi) is 6.80. The zero-order valence-corrected chi connectivity index (χ0v) is 20.5. The molecule has 0 aliphatic carbocycles. The number of nitrogens with zero attached hydrogens (tertiary/aromatic N) is 3. The number of hydrogen-bond donors (Lipinski definition) is 0. The SMILES string of the molecule is CCOc1ccc(-c2nn(-c3ccccc3)cc2/C=C2/SC(=S)N(C[C@@H]3CCCO3)C2=O)cc1. The molecule has 3 aromatic rings. The highest BCUT2D eigenvalue weighted by Crippen LogP contribution is 2.36. The van der Waals surface area contributed by atoms with Gasteiger partial charge in [0.2, 0.25) is 0 Å². The maximum atomic E-state index is 13.2. The van der Waals surface area contributed by atoms with Crippen molar-refractivity contribution in [3.8, 4) is 22.7 Å². The molecule has 1 amide bonds. The van der Waals surface area contributed by atoms with E-state index in [9.17, 15) is 4.79 Å². The number of ether oxygens (including phenoxy) is 2. The lowest BCUT2D eigenvalue weighted by atomic mass is 10.1. The second kappa shape index (κ2) is 10.1. The number of carbonyl (C=O) groups excluding carboxylic acids is 1. The molecule has 1 atom stereocenters. The fraction of sp³-hybridized carbons (Fsp3) is 0.269. The molecule has 0 bridgehead atoms. The highest BCUT2D eigenvalue weighted by Gasteiger charge is 2.35. The van der Waals surface area contributed by atoms with Gasteiger partial charge in [-0.25, -0.2) is 4.68 Å². The van der Waals surface area contributed by atoms with Crippen molar-refractivity contribution in [3.05, 3.63) is 71.3 Å². The number of amides is 1. The average Bonchev–Trinajstić information content (AvgIpc) is 3.58. The van der Waals surface area contributed by atoms with Crippen molar-refractivity contribution in [1.29, 1.82) is 0 Å². The standard InChI is InChI=1S/C26H25N3O3S2/c1-2-31-21-12-10-18(11-13-21)24-19(16-29(27-24)20-7-4-3-5-8-20)15-23-25(30)28(26(33)34-23)17-22-9-6-14-32-22/h3-5,7-8,10-13,15-16,22H,2,6,9,14,17H2,1H3/b23-15+/t22-/m0/s1. The topological polar surface area (TPSA) is 56.6 Å². The summed E-state index contributed by atoms with van der Waals surface area (Å²) in [7, 11) is 0. The molecule has 0 N–H and O–H groups in total. The third kappa shape index (κ3) is 4.80. The van der Waals surface area contributed by atoms with Gasteiger partial charge in [-0.15, -0.1) is 0 Å². The Morgan fingerprint density at radius 1 is 1.21 bits per heavy atom. The van der Waals surface area contributed by atoms with E-state index in [1.165, 1.54) is 11.8 Å². The van der Waals surface area contributed by atoms with Crippen LogP contribution in [-0.4, -0.2) is 50.8 Å². The van der Waals surface area contributed by atoms with Gasteiger partial charge in [0.05, 0.1) is 35.5 Å². The third-order valence-corrected chi connectivity index (χ3v) is 7.15. The number of carbonyl (C=O) groups is 1. The zero-order valence-electron chi connectivity index (χ0n) is 18.8. The van der Waals surface area contributed by atoms with Crippen LogP contribution in [-0.2, 0) is 9.53 Å².